The van der Waals surface area contributed by atoms with E-state index in [1.807, 2.05) is 42.1 Å². The second kappa shape index (κ2) is 6.21. The predicted octanol–water partition coefficient (Wildman–Crippen LogP) is 2.08. The van der Waals surface area contributed by atoms with E-state index in [-0.39, 0.29) is 0 Å². The summed E-state index contributed by atoms with van der Waals surface area (Å²) in [7, 11) is 0. The van der Waals surface area contributed by atoms with Crippen molar-refractivity contribution in [1.29, 1.82) is 0 Å². The Kier molecular flexibility index (Phi) is 4.36. The van der Waals surface area contributed by atoms with E-state index in [1.165, 1.54) is 0 Å². The van der Waals surface area contributed by atoms with Gasteiger partial charge in [0.2, 0.25) is 0 Å². The molecule has 0 aliphatic rings. The van der Waals surface area contributed by atoms with E-state index in [2.05, 4.69) is 10.4 Å². The molecule has 4 nitrogen and oxygen atoms in total. The first-order valence-corrected chi connectivity index (χ1v) is 6.23. The van der Waals surface area contributed by atoms with Gasteiger partial charge in [0.1, 0.15) is 5.75 Å². The van der Waals surface area contributed by atoms with Crippen molar-refractivity contribution in [2.24, 2.45) is 0 Å². The molecule has 4 heteroatoms. The Bertz CT molecular complexity index is 480. The van der Waals surface area contributed by atoms with Gasteiger partial charge in [-0.3, -0.25) is 4.68 Å². The van der Waals surface area contributed by atoms with Gasteiger partial charge in [0.25, 0.3) is 0 Å². The van der Waals surface area contributed by atoms with E-state index >= 15 is 0 Å². The summed E-state index contributed by atoms with van der Waals surface area (Å²) in [6, 6.07) is 7.76. The molecule has 0 aliphatic carbocycles. The molecule has 1 aromatic heterocycles. The number of phenolic OH excluding ortho intramolecular Hbond substituents is 1. The topological polar surface area (TPSA) is 50.1 Å². The molecule has 0 unspecified atom stereocenters. The third-order valence-electron chi connectivity index (χ3n) is 2.94. The van der Waals surface area contributed by atoms with Crippen LogP contribution in [0.5, 0.6) is 5.75 Å². The summed E-state index contributed by atoms with van der Waals surface area (Å²) in [6.45, 7) is 4.44. The zero-order valence-corrected chi connectivity index (χ0v) is 10.6. The standard InChI is InChI=1S/C14H19N3O/c1-12-5-2-6-13(14(12)18)11-15-7-3-9-17-10-4-8-16-17/h2,4-6,8,10,15,18H,3,7,9,11H2,1H3. The summed E-state index contributed by atoms with van der Waals surface area (Å²) in [4.78, 5) is 0. The van der Waals surface area contributed by atoms with Crippen LogP contribution in [0.4, 0.5) is 0 Å². The normalized spacial score (nSPS) is 10.7. The first-order chi connectivity index (χ1) is 8.77. The van der Waals surface area contributed by atoms with Crippen LogP contribution in [0.2, 0.25) is 0 Å². The molecule has 2 aromatic rings. The molecule has 2 N–H and O–H groups in total. The van der Waals surface area contributed by atoms with Gasteiger partial charge in [0, 0.05) is 31.0 Å². The highest BCUT2D eigenvalue weighted by molar-refractivity contribution is 5.39. The number of aromatic hydroxyl groups is 1. The summed E-state index contributed by atoms with van der Waals surface area (Å²) in [6.07, 6.45) is 4.78. The van der Waals surface area contributed by atoms with Crippen LogP contribution in [0.25, 0.3) is 0 Å². The van der Waals surface area contributed by atoms with Gasteiger partial charge in [-0.2, -0.15) is 5.10 Å². The average Bonchev–Trinajstić information content (AvgIpc) is 2.87. The maximum Gasteiger partial charge on any atom is 0.122 e. The highest BCUT2D eigenvalue weighted by atomic mass is 16.3. The second-order valence-electron chi connectivity index (χ2n) is 4.38. The highest BCUT2D eigenvalue weighted by Crippen LogP contribution is 2.20. The van der Waals surface area contributed by atoms with Gasteiger partial charge < -0.3 is 10.4 Å². The zero-order chi connectivity index (χ0) is 12.8. The molecule has 1 heterocycles. The molecule has 0 atom stereocenters. The van der Waals surface area contributed by atoms with E-state index in [0.717, 1.165) is 30.6 Å². The van der Waals surface area contributed by atoms with Gasteiger partial charge in [0.05, 0.1) is 0 Å². The summed E-state index contributed by atoms with van der Waals surface area (Å²) >= 11 is 0. The molecule has 96 valence electrons. The maximum absolute atomic E-state index is 9.85. The van der Waals surface area contributed by atoms with Crippen molar-refractivity contribution >= 4 is 0 Å². The summed E-state index contributed by atoms with van der Waals surface area (Å²) < 4.78 is 1.92. The number of aromatic nitrogens is 2. The number of rotatable bonds is 6. The number of phenols is 1. The van der Waals surface area contributed by atoms with Crippen LogP contribution in [0.3, 0.4) is 0 Å². The molecule has 1 aromatic carbocycles. The van der Waals surface area contributed by atoms with Crippen molar-refractivity contribution in [2.75, 3.05) is 6.54 Å². The smallest absolute Gasteiger partial charge is 0.122 e. The molecule has 0 fully saturated rings. The molecule has 0 amide bonds. The second-order valence-corrected chi connectivity index (χ2v) is 4.38. The number of para-hydroxylation sites is 1. The van der Waals surface area contributed by atoms with E-state index in [1.54, 1.807) is 6.20 Å². The minimum absolute atomic E-state index is 0.400. The molecule has 18 heavy (non-hydrogen) atoms. The van der Waals surface area contributed by atoms with Crippen LogP contribution in [-0.2, 0) is 13.1 Å². The minimum atomic E-state index is 0.400. The van der Waals surface area contributed by atoms with E-state index < -0.39 is 0 Å². The molecule has 0 bridgehead atoms. The number of nitrogens with one attached hydrogen (secondary N) is 1. The van der Waals surface area contributed by atoms with Crippen LogP contribution in [0.1, 0.15) is 17.5 Å². The largest absolute Gasteiger partial charge is 0.507 e. The zero-order valence-electron chi connectivity index (χ0n) is 10.6. The molecule has 0 saturated heterocycles. The molecular weight excluding hydrogens is 226 g/mol. The number of benzene rings is 1. The maximum atomic E-state index is 9.85. The monoisotopic (exact) mass is 245 g/mol. The lowest BCUT2D eigenvalue weighted by Crippen LogP contribution is -2.16. The Morgan fingerprint density at radius 2 is 2.22 bits per heavy atom. The first-order valence-electron chi connectivity index (χ1n) is 6.23. The molecule has 2 rings (SSSR count). The van der Waals surface area contributed by atoms with Gasteiger partial charge in [-0.1, -0.05) is 18.2 Å². The van der Waals surface area contributed by atoms with E-state index in [4.69, 9.17) is 0 Å². The summed E-state index contributed by atoms with van der Waals surface area (Å²) in [5, 5.41) is 17.3. The van der Waals surface area contributed by atoms with Crippen LogP contribution < -0.4 is 5.32 Å². The van der Waals surface area contributed by atoms with Crippen LogP contribution in [0.15, 0.2) is 36.7 Å². The van der Waals surface area contributed by atoms with Crippen LogP contribution >= 0.6 is 0 Å². The van der Waals surface area contributed by atoms with Crippen LogP contribution in [0, 0.1) is 6.92 Å². The minimum Gasteiger partial charge on any atom is -0.507 e. The number of hydrogen-bond acceptors (Lipinski definition) is 3. The van der Waals surface area contributed by atoms with Crippen molar-refractivity contribution in [3.05, 3.63) is 47.8 Å². The Hall–Kier alpha value is -1.81. The van der Waals surface area contributed by atoms with Crippen molar-refractivity contribution in [2.45, 2.75) is 26.4 Å². The predicted molar refractivity (Wildman–Crippen MR) is 71.4 cm³/mol. The Morgan fingerprint density at radius 1 is 1.33 bits per heavy atom. The highest BCUT2D eigenvalue weighted by Gasteiger charge is 2.02. The molecule has 0 aliphatic heterocycles. The van der Waals surface area contributed by atoms with Crippen molar-refractivity contribution in [3.8, 4) is 5.75 Å². The quantitative estimate of drug-likeness (QED) is 0.766. The Balaban J connectivity index is 1.70. The number of aryl methyl sites for hydroxylation is 2. The fourth-order valence-corrected chi connectivity index (χ4v) is 1.88. The lowest BCUT2D eigenvalue weighted by Gasteiger charge is -2.08. The number of hydrogen-bond donors (Lipinski definition) is 2. The Labute approximate surface area is 107 Å². The van der Waals surface area contributed by atoms with Gasteiger partial charge in [-0.15, -0.1) is 0 Å². The van der Waals surface area contributed by atoms with E-state index in [0.29, 0.717) is 12.3 Å². The fourth-order valence-electron chi connectivity index (χ4n) is 1.88. The third-order valence-corrected chi connectivity index (χ3v) is 2.94. The lowest BCUT2D eigenvalue weighted by molar-refractivity contribution is 0.458. The Morgan fingerprint density at radius 3 is 3.00 bits per heavy atom. The van der Waals surface area contributed by atoms with E-state index in [9.17, 15) is 5.11 Å². The van der Waals surface area contributed by atoms with Crippen molar-refractivity contribution in [3.63, 3.8) is 0 Å². The first kappa shape index (κ1) is 12.6. The molecule has 0 spiro atoms. The van der Waals surface area contributed by atoms with Gasteiger partial charge >= 0.3 is 0 Å². The molecule has 0 saturated carbocycles. The van der Waals surface area contributed by atoms with Crippen molar-refractivity contribution < 1.29 is 5.11 Å². The fraction of sp³-hybridized carbons (Fsp3) is 0.357. The number of nitrogens with zero attached hydrogens (tertiary/aromatic N) is 2. The SMILES string of the molecule is Cc1cccc(CNCCCn2cccn2)c1O. The molecule has 0 radical (unpaired) electrons. The molecular formula is C14H19N3O. The van der Waals surface area contributed by atoms with Gasteiger partial charge in [-0.05, 0) is 31.5 Å². The van der Waals surface area contributed by atoms with Crippen LogP contribution in [-0.4, -0.2) is 21.4 Å². The van der Waals surface area contributed by atoms with Crippen molar-refractivity contribution in [1.82, 2.24) is 15.1 Å². The lowest BCUT2D eigenvalue weighted by atomic mass is 10.1. The van der Waals surface area contributed by atoms with Gasteiger partial charge in [0.15, 0.2) is 0 Å². The third kappa shape index (κ3) is 3.34. The average molecular weight is 245 g/mol. The summed E-state index contributed by atoms with van der Waals surface area (Å²) in [5.74, 6) is 0.400. The van der Waals surface area contributed by atoms with Gasteiger partial charge in [-0.25, -0.2) is 0 Å². The summed E-state index contributed by atoms with van der Waals surface area (Å²) in [5.41, 5.74) is 1.87.